The monoisotopic (exact) mass is 113 g/mol. The molecule has 0 spiro atoms. The number of nitrogens with one attached hydrogen (secondary N) is 1. The molecule has 1 rings (SSSR count). The standard InChI is InChI=1S/C6H13N2/c7-5-1-2-6(8)4-3-5/h5-7H,1-4,8H2. The van der Waals surface area contributed by atoms with E-state index in [2.05, 4.69) is 0 Å². The molecule has 0 aliphatic heterocycles. The van der Waals surface area contributed by atoms with Gasteiger partial charge in [0.15, 0.2) is 0 Å². The number of nitrogens with two attached hydrogens (primary N) is 1. The minimum atomic E-state index is 0.190. The lowest BCUT2D eigenvalue weighted by molar-refractivity contribution is 0.388. The molecule has 8 heavy (non-hydrogen) atoms. The summed E-state index contributed by atoms with van der Waals surface area (Å²) in [7, 11) is 0. The van der Waals surface area contributed by atoms with E-state index in [-0.39, 0.29) is 6.04 Å². The van der Waals surface area contributed by atoms with Crippen LogP contribution in [0.15, 0.2) is 0 Å². The van der Waals surface area contributed by atoms with Crippen LogP contribution in [0, 0.1) is 0 Å². The second-order valence-corrected chi connectivity index (χ2v) is 2.61. The van der Waals surface area contributed by atoms with Gasteiger partial charge in [-0.05, 0) is 25.7 Å². The molecule has 0 aromatic rings. The molecule has 0 amide bonds. The molecule has 0 atom stereocenters. The van der Waals surface area contributed by atoms with Gasteiger partial charge in [0.25, 0.3) is 0 Å². The molecule has 0 aromatic heterocycles. The lowest BCUT2D eigenvalue weighted by Crippen LogP contribution is -2.29. The molecule has 0 aromatic carbocycles. The average molecular weight is 113 g/mol. The van der Waals surface area contributed by atoms with Crippen LogP contribution in [0.25, 0.3) is 0 Å². The Balaban J connectivity index is 2.19. The van der Waals surface area contributed by atoms with E-state index in [1.54, 1.807) is 0 Å². The minimum absolute atomic E-state index is 0.190. The predicted octanol–water partition coefficient (Wildman–Crippen LogP) is 0.539. The maximum absolute atomic E-state index is 7.31. The van der Waals surface area contributed by atoms with E-state index in [1.165, 1.54) is 0 Å². The van der Waals surface area contributed by atoms with Gasteiger partial charge in [-0.3, -0.25) is 5.73 Å². The van der Waals surface area contributed by atoms with Crippen LogP contribution in [-0.4, -0.2) is 12.1 Å². The summed E-state index contributed by atoms with van der Waals surface area (Å²) >= 11 is 0. The first-order chi connectivity index (χ1) is 3.79. The zero-order valence-electron chi connectivity index (χ0n) is 5.06. The quantitative estimate of drug-likeness (QED) is 0.489. The summed E-state index contributed by atoms with van der Waals surface area (Å²) in [6.07, 6.45) is 4.16. The first-order valence-electron chi connectivity index (χ1n) is 3.26. The molecule has 1 aliphatic rings. The summed E-state index contributed by atoms with van der Waals surface area (Å²) in [6, 6.07) is 0.589. The Morgan fingerprint density at radius 3 is 2.00 bits per heavy atom. The van der Waals surface area contributed by atoms with Crippen LogP contribution in [0.1, 0.15) is 25.7 Å². The zero-order chi connectivity index (χ0) is 5.98. The molecule has 1 fully saturated rings. The number of hydrogen-bond donors (Lipinski definition) is 1. The van der Waals surface area contributed by atoms with Crippen molar-refractivity contribution in [2.45, 2.75) is 37.8 Å². The fourth-order valence-electron chi connectivity index (χ4n) is 1.12. The molecule has 0 unspecified atom stereocenters. The molecule has 0 heterocycles. The van der Waals surface area contributed by atoms with Crippen molar-refractivity contribution in [2.24, 2.45) is 5.73 Å². The normalized spacial score (nSPS) is 39.8. The van der Waals surface area contributed by atoms with Crippen molar-refractivity contribution in [2.75, 3.05) is 0 Å². The van der Waals surface area contributed by atoms with E-state index in [0.717, 1.165) is 25.7 Å². The maximum Gasteiger partial charge on any atom is 0.0214 e. The second-order valence-electron chi connectivity index (χ2n) is 2.61. The van der Waals surface area contributed by atoms with Crippen LogP contribution in [0.5, 0.6) is 0 Å². The first kappa shape index (κ1) is 6.05. The highest BCUT2D eigenvalue weighted by Gasteiger charge is 2.14. The highest BCUT2D eigenvalue weighted by Crippen LogP contribution is 2.15. The van der Waals surface area contributed by atoms with E-state index in [9.17, 15) is 0 Å². The van der Waals surface area contributed by atoms with Crippen molar-refractivity contribution >= 4 is 0 Å². The molecular formula is C6H13N2. The Hall–Kier alpha value is -0.0800. The third-order valence-electron chi connectivity index (χ3n) is 1.77. The van der Waals surface area contributed by atoms with Crippen molar-refractivity contribution < 1.29 is 0 Å². The van der Waals surface area contributed by atoms with Gasteiger partial charge in [0.05, 0.1) is 0 Å². The van der Waals surface area contributed by atoms with Crippen molar-refractivity contribution in [3.8, 4) is 0 Å². The lowest BCUT2D eigenvalue weighted by Gasteiger charge is -2.21. The topological polar surface area (TPSA) is 49.8 Å². The molecular weight excluding hydrogens is 100 g/mol. The zero-order valence-corrected chi connectivity index (χ0v) is 5.06. The van der Waals surface area contributed by atoms with Gasteiger partial charge in [-0.15, -0.1) is 0 Å². The average Bonchev–Trinajstić information content (AvgIpc) is 1.77. The van der Waals surface area contributed by atoms with Gasteiger partial charge in [0.1, 0.15) is 0 Å². The van der Waals surface area contributed by atoms with Gasteiger partial charge in [-0.1, -0.05) is 0 Å². The summed E-state index contributed by atoms with van der Waals surface area (Å²) in [6.45, 7) is 0. The van der Waals surface area contributed by atoms with Gasteiger partial charge in [-0.25, -0.2) is 0 Å². The smallest absolute Gasteiger partial charge is 0.0214 e. The van der Waals surface area contributed by atoms with Crippen molar-refractivity contribution in [1.29, 1.82) is 0 Å². The van der Waals surface area contributed by atoms with Crippen LogP contribution < -0.4 is 11.5 Å². The Morgan fingerprint density at radius 2 is 1.62 bits per heavy atom. The van der Waals surface area contributed by atoms with Crippen molar-refractivity contribution in [3.63, 3.8) is 0 Å². The van der Waals surface area contributed by atoms with Crippen molar-refractivity contribution in [1.82, 2.24) is 5.73 Å². The number of rotatable bonds is 0. The molecule has 2 nitrogen and oxygen atoms in total. The molecule has 1 radical (unpaired) electrons. The summed E-state index contributed by atoms with van der Waals surface area (Å²) in [4.78, 5) is 0. The molecule has 3 N–H and O–H groups in total. The SMILES string of the molecule is [NH]C1CCC(N)CC1. The van der Waals surface area contributed by atoms with Crippen LogP contribution in [0.2, 0.25) is 0 Å². The van der Waals surface area contributed by atoms with Crippen LogP contribution >= 0.6 is 0 Å². The Labute approximate surface area is 50.2 Å². The van der Waals surface area contributed by atoms with Crippen molar-refractivity contribution in [3.05, 3.63) is 0 Å². The summed E-state index contributed by atoms with van der Waals surface area (Å²) in [5.74, 6) is 0. The molecule has 1 aliphatic carbocycles. The fourth-order valence-corrected chi connectivity index (χ4v) is 1.12. The summed E-state index contributed by atoms with van der Waals surface area (Å²) in [5, 5.41) is 0. The molecule has 1 saturated carbocycles. The highest BCUT2D eigenvalue weighted by molar-refractivity contribution is 4.74. The predicted molar refractivity (Wildman–Crippen MR) is 33.3 cm³/mol. The van der Waals surface area contributed by atoms with E-state index in [4.69, 9.17) is 11.5 Å². The Morgan fingerprint density at radius 1 is 1.12 bits per heavy atom. The second kappa shape index (κ2) is 2.46. The lowest BCUT2D eigenvalue weighted by atomic mass is 9.93. The van der Waals surface area contributed by atoms with Crippen LogP contribution in [-0.2, 0) is 0 Å². The molecule has 2 heteroatoms. The van der Waals surface area contributed by atoms with E-state index in [1.807, 2.05) is 0 Å². The summed E-state index contributed by atoms with van der Waals surface area (Å²) in [5.41, 5.74) is 12.9. The van der Waals surface area contributed by atoms with Gasteiger partial charge in [-0.2, -0.15) is 0 Å². The van der Waals surface area contributed by atoms with Gasteiger partial charge in [0, 0.05) is 12.1 Å². The Bertz CT molecular complexity index is 54.9. The summed E-state index contributed by atoms with van der Waals surface area (Å²) < 4.78 is 0. The van der Waals surface area contributed by atoms with E-state index >= 15 is 0 Å². The van der Waals surface area contributed by atoms with Gasteiger partial charge < -0.3 is 5.73 Å². The third kappa shape index (κ3) is 1.46. The van der Waals surface area contributed by atoms with Crippen LogP contribution in [0.3, 0.4) is 0 Å². The third-order valence-corrected chi connectivity index (χ3v) is 1.77. The largest absolute Gasteiger partial charge is 0.328 e. The van der Waals surface area contributed by atoms with E-state index in [0.29, 0.717) is 6.04 Å². The molecule has 47 valence electrons. The Kier molecular flexibility index (Phi) is 1.86. The molecule has 0 saturated heterocycles. The number of hydrogen-bond acceptors (Lipinski definition) is 1. The van der Waals surface area contributed by atoms with Gasteiger partial charge >= 0.3 is 0 Å². The molecule has 0 bridgehead atoms. The highest BCUT2D eigenvalue weighted by atomic mass is 14.7. The van der Waals surface area contributed by atoms with E-state index < -0.39 is 0 Å². The van der Waals surface area contributed by atoms with Crippen LogP contribution in [0.4, 0.5) is 0 Å². The maximum atomic E-state index is 7.31. The van der Waals surface area contributed by atoms with Gasteiger partial charge in [0.2, 0.25) is 0 Å². The first-order valence-corrected chi connectivity index (χ1v) is 3.26. The minimum Gasteiger partial charge on any atom is -0.328 e. The fraction of sp³-hybridized carbons (Fsp3) is 1.00.